The van der Waals surface area contributed by atoms with Gasteiger partial charge in [-0.25, -0.2) is 0 Å². The number of nitrogens with two attached hydrogens (primary N) is 2. The number of hydrogen-bond acceptors (Lipinski definition) is 5. The van der Waals surface area contributed by atoms with Crippen molar-refractivity contribution in [2.45, 2.75) is 6.10 Å². The zero-order valence-corrected chi connectivity index (χ0v) is 8.31. The molecule has 1 atom stereocenters. The Morgan fingerprint density at radius 2 is 2.27 bits per heavy atom. The lowest BCUT2D eigenvalue weighted by Gasteiger charge is -2.12. The molecular formula is C10H14N2O3. The van der Waals surface area contributed by atoms with E-state index >= 15 is 0 Å². The minimum atomic E-state index is -0.0121. The van der Waals surface area contributed by atoms with Crippen LogP contribution in [0, 0.1) is 0 Å². The summed E-state index contributed by atoms with van der Waals surface area (Å²) in [7, 11) is 0. The van der Waals surface area contributed by atoms with Gasteiger partial charge in [-0.1, -0.05) is 0 Å². The van der Waals surface area contributed by atoms with Crippen molar-refractivity contribution < 1.29 is 14.2 Å². The Hall–Kier alpha value is -1.46. The molecule has 0 saturated carbocycles. The molecular weight excluding hydrogens is 196 g/mol. The summed E-state index contributed by atoms with van der Waals surface area (Å²) >= 11 is 0. The SMILES string of the molecule is Nc1ccc(OCC2COCO2)c(N)c1. The number of benzene rings is 1. The van der Waals surface area contributed by atoms with Gasteiger partial charge in [0.25, 0.3) is 0 Å². The van der Waals surface area contributed by atoms with E-state index in [1.165, 1.54) is 0 Å². The monoisotopic (exact) mass is 210 g/mol. The van der Waals surface area contributed by atoms with Gasteiger partial charge < -0.3 is 25.7 Å². The van der Waals surface area contributed by atoms with Crippen LogP contribution in [0.5, 0.6) is 5.75 Å². The van der Waals surface area contributed by atoms with Gasteiger partial charge in [0.2, 0.25) is 0 Å². The fraction of sp³-hybridized carbons (Fsp3) is 0.400. The molecule has 0 spiro atoms. The first kappa shape index (κ1) is 10.1. The zero-order valence-electron chi connectivity index (χ0n) is 8.31. The van der Waals surface area contributed by atoms with Crippen LogP contribution in [-0.4, -0.2) is 26.1 Å². The number of rotatable bonds is 3. The van der Waals surface area contributed by atoms with Gasteiger partial charge in [0.1, 0.15) is 25.3 Å². The maximum absolute atomic E-state index is 5.73. The Labute approximate surface area is 87.9 Å². The van der Waals surface area contributed by atoms with Crippen molar-refractivity contribution in [2.24, 2.45) is 0 Å². The second-order valence-electron chi connectivity index (χ2n) is 3.39. The summed E-state index contributed by atoms with van der Waals surface area (Å²) in [5, 5.41) is 0. The number of ether oxygens (including phenoxy) is 3. The molecule has 5 nitrogen and oxygen atoms in total. The van der Waals surface area contributed by atoms with Crippen LogP contribution < -0.4 is 16.2 Å². The first-order valence-corrected chi connectivity index (χ1v) is 4.73. The fourth-order valence-corrected chi connectivity index (χ4v) is 1.35. The van der Waals surface area contributed by atoms with Crippen molar-refractivity contribution in [3.63, 3.8) is 0 Å². The van der Waals surface area contributed by atoms with E-state index in [2.05, 4.69) is 0 Å². The van der Waals surface area contributed by atoms with Gasteiger partial charge in [-0.05, 0) is 18.2 Å². The average molecular weight is 210 g/mol. The molecule has 1 aromatic rings. The molecule has 1 heterocycles. The van der Waals surface area contributed by atoms with Crippen LogP contribution in [0.25, 0.3) is 0 Å². The summed E-state index contributed by atoms with van der Waals surface area (Å²) in [6.45, 7) is 1.34. The smallest absolute Gasteiger partial charge is 0.147 e. The summed E-state index contributed by atoms with van der Waals surface area (Å²) in [6, 6.07) is 5.17. The summed E-state index contributed by atoms with van der Waals surface area (Å²) in [5.41, 5.74) is 12.5. The highest BCUT2D eigenvalue weighted by Crippen LogP contribution is 2.23. The van der Waals surface area contributed by atoms with Crippen molar-refractivity contribution in [1.29, 1.82) is 0 Å². The Balaban J connectivity index is 1.92. The summed E-state index contributed by atoms with van der Waals surface area (Å²) < 4.78 is 15.8. The number of hydrogen-bond donors (Lipinski definition) is 2. The summed E-state index contributed by atoms with van der Waals surface area (Å²) in [6.07, 6.45) is -0.0121. The lowest BCUT2D eigenvalue weighted by Crippen LogP contribution is -2.20. The largest absolute Gasteiger partial charge is 0.489 e. The average Bonchev–Trinajstić information content (AvgIpc) is 2.69. The Kier molecular flexibility index (Phi) is 2.94. The predicted molar refractivity (Wildman–Crippen MR) is 56.5 cm³/mol. The van der Waals surface area contributed by atoms with Gasteiger partial charge in [-0.3, -0.25) is 0 Å². The molecule has 0 bridgehead atoms. The van der Waals surface area contributed by atoms with Crippen LogP contribution in [0.4, 0.5) is 11.4 Å². The zero-order chi connectivity index (χ0) is 10.7. The molecule has 0 radical (unpaired) electrons. The van der Waals surface area contributed by atoms with E-state index in [0.29, 0.717) is 37.1 Å². The van der Waals surface area contributed by atoms with Gasteiger partial charge in [0.15, 0.2) is 0 Å². The number of nitrogen functional groups attached to an aromatic ring is 2. The summed E-state index contributed by atoms with van der Waals surface area (Å²) in [5.74, 6) is 0.625. The Morgan fingerprint density at radius 3 is 2.93 bits per heavy atom. The van der Waals surface area contributed by atoms with Crippen molar-refractivity contribution in [2.75, 3.05) is 31.5 Å². The second kappa shape index (κ2) is 4.37. The van der Waals surface area contributed by atoms with Crippen molar-refractivity contribution in [3.8, 4) is 5.75 Å². The lowest BCUT2D eigenvalue weighted by molar-refractivity contribution is 0.0321. The van der Waals surface area contributed by atoms with Gasteiger partial charge in [0.05, 0.1) is 12.3 Å². The highest BCUT2D eigenvalue weighted by Gasteiger charge is 2.17. The molecule has 0 aromatic heterocycles. The predicted octanol–water partition coefficient (Wildman–Crippen LogP) is 0.603. The fourth-order valence-electron chi connectivity index (χ4n) is 1.35. The molecule has 1 aromatic carbocycles. The van der Waals surface area contributed by atoms with Crippen molar-refractivity contribution in [1.82, 2.24) is 0 Å². The molecule has 1 aliphatic rings. The van der Waals surface area contributed by atoms with Crippen molar-refractivity contribution >= 4 is 11.4 Å². The van der Waals surface area contributed by atoms with E-state index < -0.39 is 0 Å². The van der Waals surface area contributed by atoms with Crippen LogP contribution in [0.2, 0.25) is 0 Å². The molecule has 4 N–H and O–H groups in total. The molecule has 2 rings (SSSR count). The minimum Gasteiger partial charge on any atom is -0.489 e. The third kappa shape index (κ3) is 2.51. The van der Waals surface area contributed by atoms with Crippen LogP contribution in [-0.2, 0) is 9.47 Å². The Bertz CT molecular complexity index is 337. The highest BCUT2D eigenvalue weighted by atomic mass is 16.7. The molecule has 1 unspecified atom stereocenters. The molecule has 0 amide bonds. The molecule has 1 saturated heterocycles. The van der Waals surface area contributed by atoms with Crippen LogP contribution >= 0.6 is 0 Å². The van der Waals surface area contributed by atoms with Crippen LogP contribution in [0.1, 0.15) is 0 Å². The second-order valence-corrected chi connectivity index (χ2v) is 3.39. The normalized spacial score (nSPS) is 20.4. The first-order valence-electron chi connectivity index (χ1n) is 4.73. The minimum absolute atomic E-state index is 0.0121. The maximum Gasteiger partial charge on any atom is 0.147 e. The third-order valence-corrected chi connectivity index (χ3v) is 2.15. The van der Waals surface area contributed by atoms with E-state index in [4.69, 9.17) is 25.7 Å². The number of anilines is 2. The summed E-state index contributed by atoms with van der Waals surface area (Å²) in [4.78, 5) is 0. The standard InChI is InChI=1S/C10H14N2O3/c11-7-1-2-10(9(12)3-7)14-5-8-4-13-6-15-8/h1-3,8H,4-6,11-12H2. The topological polar surface area (TPSA) is 79.7 Å². The quantitative estimate of drug-likeness (QED) is 0.714. The molecule has 5 heteroatoms. The van der Waals surface area contributed by atoms with Gasteiger partial charge in [0, 0.05) is 5.69 Å². The maximum atomic E-state index is 5.73. The van der Waals surface area contributed by atoms with E-state index in [0.717, 1.165) is 0 Å². The molecule has 0 aliphatic carbocycles. The molecule has 82 valence electrons. The van der Waals surface area contributed by atoms with Gasteiger partial charge in [-0.2, -0.15) is 0 Å². The van der Waals surface area contributed by atoms with E-state index in [-0.39, 0.29) is 6.10 Å². The van der Waals surface area contributed by atoms with Crippen molar-refractivity contribution in [3.05, 3.63) is 18.2 Å². The van der Waals surface area contributed by atoms with Gasteiger partial charge in [-0.15, -0.1) is 0 Å². The van der Waals surface area contributed by atoms with Gasteiger partial charge >= 0.3 is 0 Å². The highest BCUT2D eigenvalue weighted by molar-refractivity contribution is 5.60. The third-order valence-electron chi connectivity index (χ3n) is 2.15. The lowest BCUT2D eigenvalue weighted by atomic mass is 10.2. The first-order chi connectivity index (χ1) is 7.25. The van der Waals surface area contributed by atoms with E-state index in [1.807, 2.05) is 0 Å². The molecule has 1 fully saturated rings. The van der Waals surface area contributed by atoms with E-state index in [1.54, 1.807) is 18.2 Å². The Morgan fingerprint density at radius 1 is 1.40 bits per heavy atom. The van der Waals surface area contributed by atoms with Crippen LogP contribution in [0.3, 0.4) is 0 Å². The van der Waals surface area contributed by atoms with E-state index in [9.17, 15) is 0 Å². The van der Waals surface area contributed by atoms with Crippen LogP contribution in [0.15, 0.2) is 18.2 Å². The molecule has 1 aliphatic heterocycles. The molecule has 15 heavy (non-hydrogen) atoms.